The number of benzene rings is 7. The number of hydrogen-bond acceptors (Lipinski definition) is 5. The summed E-state index contributed by atoms with van der Waals surface area (Å²) in [5.41, 5.74) is 6.69. The third kappa shape index (κ3) is 4.50. The molecule has 0 aliphatic carbocycles. The van der Waals surface area contributed by atoms with Crippen LogP contribution in [0.2, 0.25) is 0 Å². The predicted molar refractivity (Wildman–Crippen MR) is 218 cm³/mol. The molecule has 3 aromatic heterocycles. The molecule has 10 aromatic rings. The maximum atomic E-state index is 5.28. The molecule has 0 saturated carbocycles. The van der Waals surface area contributed by atoms with Crippen molar-refractivity contribution in [3.8, 4) is 5.69 Å². The average Bonchev–Trinajstić information content (AvgIpc) is 3.87. The lowest BCUT2D eigenvalue weighted by molar-refractivity contribution is 0.674. The van der Waals surface area contributed by atoms with Crippen molar-refractivity contribution < 1.29 is 0 Å². The second-order valence-electron chi connectivity index (χ2n) is 13.0. The number of aliphatic imine (C=N–C) groups is 2. The number of thiophene rings is 2. The Kier molecular flexibility index (Phi) is 6.32. The normalized spacial score (nSPS) is 14.9. The number of nitrogens with one attached hydrogen (secondary N) is 1. The molecule has 11 rings (SSSR count). The van der Waals surface area contributed by atoms with Crippen molar-refractivity contribution in [2.24, 2.45) is 9.98 Å². The molecule has 1 aliphatic rings. The smallest absolute Gasteiger partial charge is 0.160 e. The van der Waals surface area contributed by atoms with Gasteiger partial charge in [0.1, 0.15) is 12.0 Å². The van der Waals surface area contributed by atoms with Crippen molar-refractivity contribution in [2.75, 3.05) is 0 Å². The summed E-state index contributed by atoms with van der Waals surface area (Å²) in [5.74, 6) is 1.56. The minimum atomic E-state index is -0.275. The van der Waals surface area contributed by atoms with Gasteiger partial charge in [-0.2, -0.15) is 0 Å². The quantitative estimate of drug-likeness (QED) is 0.196. The molecule has 0 fully saturated rings. The van der Waals surface area contributed by atoms with Crippen molar-refractivity contribution in [1.82, 2.24) is 9.88 Å². The Balaban J connectivity index is 1.09. The van der Waals surface area contributed by atoms with Gasteiger partial charge < -0.3 is 9.88 Å². The fraction of sp³-hybridized carbons (Fsp3) is 0.0222. The van der Waals surface area contributed by atoms with Crippen LogP contribution in [0, 0.1) is 0 Å². The molecule has 4 nitrogen and oxygen atoms in total. The predicted octanol–water partition coefficient (Wildman–Crippen LogP) is 12.0. The number of aromatic nitrogens is 1. The van der Waals surface area contributed by atoms with Gasteiger partial charge in [-0.3, -0.25) is 0 Å². The molecule has 0 spiro atoms. The van der Waals surface area contributed by atoms with Crippen molar-refractivity contribution in [1.29, 1.82) is 0 Å². The van der Waals surface area contributed by atoms with E-state index < -0.39 is 0 Å². The Morgan fingerprint density at radius 1 is 0.510 bits per heavy atom. The van der Waals surface area contributed by atoms with E-state index in [-0.39, 0.29) is 6.17 Å². The highest BCUT2D eigenvalue weighted by atomic mass is 32.1. The maximum Gasteiger partial charge on any atom is 0.160 e. The zero-order valence-electron chi connectivity index (χ0n) is 27.2. The molecule has 0 radical (unpaired) electrons. The first-order valence-corrected chi connectivity index (χ1v) is 18.7. The molecule has 0 amide bonds. The molecule has 1 aliphatic heterocycles. The fourth-order valence-electron chi connectivity index (χ4n) is 7.70. The Morgan fingerprint density at radius 3 is 2.06 bits per heavy atom. The lowest BCUT2D eigenvalue weighted by Gasteiger charge is -2.24. The number of rotatable bonds is 4. The molecule has 1 unspecified atom stereocenters. The topological polar surface area (TPSA) is 41.7 Å². The molecule has 1 N–H and O–H groups in total. The van der Waals surface area contributed by atoms with Crippen LogP contribution in [0.5, 0.6) is 0 Å². The second kappa shape index (κ2) is 11.2. The van der Waals surface area contributed by atoms with Crippen LogP contribution in [0.4, 0.5) is 0 Å². The van der Waals surface area contributed by atoms with E-state index in [0.717, 1.165) is 34.0 Å². The SMILES string of the molecule is c1ccc(C2N=C(c3cccc4c3sc3ccccc34)N=C(c3ccc4c(c3)c3ccccc3n4-c3ccc4sc5ccccc5c4c3)N2)cc1. The molecule has 6 heteroatoms. The lowest BCUT2D eigenvalue weighted by atomic mass is 10.1. The van der Waals surface area contributed by atoms with E-state index in [1.165, 1.54) is 62.2 Å². The van der Waals surface area contributed by atoms with Gasteiger partial charge in [0.2, 0.25) is 0 Å². The van der Waals surface area contributed by atoms with Crippen molar-refractivity contribution >= 4 is 96.5 Å². The number of fused-ring (bicyclic) bond motifs is 9. The van der Waals surface area contributed by atoms with Crippen LogP contribution < -0.4 is 5.32 Å². The maximum absolute atomic E-state index is 5.28. The Hall–Kier alpha value is -6.08. The van der Waals surface area contributed by atoms with E-state index in [1.807, 2.05) is 28.7 Å². The highest BCUT2D eigenvalue weighted by molar-refractivity contribution is 7.26. The Morgan fingerprint density at radius 2 is 1.20 bits per heavy atom. The summed E-state index contributed by atoms with van der Waals surface area (Å²) in [7, 11) is 0. The van der Waals surface area contributed by atoms with E-state index in [9.17, 15) is 0 Å². The largest absolute Gasteiger partial charge is 0.344 e. The first-order valence-electron chi connectivity index (χ1n) is 17.1. The van der Waals surface area contributed by atoms with Gasteiger partial charge in [-0.15, -0.1) is 22.7 Å². The second-order valence-corrected chi connectivity index (χ2v) is 15.2. The Labute approximate surface area is 301 Å². The molecule has 4 heterocycles. The van der Waals surface area contributed by atoms with E-state index >= 15 is 0 Å². The standard InChI is InChI=1S/C45H28N4S2/c1-2-11-27(12-3-1)43-46-44(48-45(47-43)34-17-10-16-33-31-14-5-9-20-40(31)51-42(33)34)28-21-23-38-35(25-28)30-13-4-7-18-37(30)49(38)29-22-24-41-36(26-29)32-15-6-8-19-39(32)50-41/h1-26,43H,(H,46,47,48). The van der Waals surface area contributed by atoms with E-state index in [1.54, 1.807) is 0 Å². The first-order chi connectivity index (χ1) is 25.3. The van der Waals surface area contributed by atoms with Crippen LogP contribution in [0.1, 0.15) is 22.9 Å². The van der Waals surface area contributed by atoms with Crippen LogP contribution in [0.25, 0.3) is 67.8 Å². The third-order valence-corrected chi connectivity index (χ3v) is 12.4. The van der Waals surface area contributed by atoms with Gasteiger partial charge in [-0.1, -0.05) is 97.1 Å². The zero-order valence-corrected chi connectivity index (χ0v) is 28.9. The van der Waals surface area contributed by atoms with Crippen LogP contribution >= 0.6 is 22.7 Å². The monoisotopic (exact) mass is 688 g/mol. The van der Waals surface area contributed by atoms with Crippen LogP contribution in [-0.4, -0.2) is 16.2 Å². The molecule has 51 heavy (non-hydrogen) atoms. The summed E-state index contributed by atoms with van der Waals surface area (Å²) in [4.78, 5) is 10.5. The number of nitrogens with zero attached hydrogens (tertiary/aromatic N) is 3. The van der Waals surface area contributed by atoms with Gasteiger partial charge in [0.15, 0.2) is 5.84 Å². The molecule has 1 atom stereocenters. The lowest BCUT2D eigenvalue weighted by Crippen LogP contribution is -2.33. The van der Waals surface area contributed by atoms with Crippen LogP contribution in [0.3, 0.4) is 0 Å². The zero-order chi connectivity index (χ0) is 33.5. The van der Waals surface area contributed by atoms with Gasteiger partial charge in [-0.05, 0) is 66.2 Å². The molecule has 0 bridgehead atoms. The summed E-state index contributed by atoms with van der Waals surface area (Å²) in [6.07, 6.45) is -0.275. The Bertz CT molecular complexity index is 3070. The number of para-hydroxylation sites is 1. The number of amidine groups is 2. The third-order valence-electron chi connectivity index (χ3n) is 10.1. The van der Waals surface area contributed by atoms with E-state index in [2.05, 4.69) is 162 Å². The van der Waals surface area contributed by atoms with E-state index in [4.69, 9.17) is 9.98 Å². The van der Waals surface area contributed by atoms with Crippen molar-refractivity contribution in [2.45, 2.75) is 6.17 Å². The van der Waals surface area contributed by atoms with E-state index in [0.29, 0.717) is 0 Å². The van der Waals surface area contributed by atoms with Crippen molar-refractivity contribution in [3.05, 3.63) is 174 Å². The summed E-state index contributed by atoms with van der Waals surface area (Å²) >= 11 is 3.66. The minimum absolute atomic E-state index is 0.275. The van der Waals surface area contributed by atoms with Gasteiger partial charge in [0.25, 0.3) is 0 Å². The molecule has 7 aromatic carbocycles. The minimum Gasteiger partial charge on any atom is -0.344 e. The van der Waals surface area contributed by atoms with Crippen LogP contribution in [0.15, 0.2) is 168 Å². The summed E-state index contributed by atoms with van der Waals surface area (Å²) in [6.45, 7) is 0. The highest BCUT2D eigenvalue weighted by Crippen LogP contribution is 2.39. The molecular formula is C45H28N4S2. The fourth-order valence-corrected chi connectivity index (χ4v) is 9.99. The van der Waals surface area contributed by atoms with Crippen LogP contribution in [-0.2, 0) is 0 Å². The summed E-state index contributed by atoms with van der Waals surface area (Å²) < 4.78 is 7.51. The average molecular weight is 689 g/mol. The van der Waals surface area contributed by atoms with Gasteiger partial charge in [0.05, 0.1) is 11.0 Å². The van der Waals surface area contributed by atoms with Gasteiger partial charge in [-0.25, -0.2) is 9.98 Å². The summed E-state index contributed by atoms with van der Waals surface area (Å²) in [5, 5.41) is 11.2. The van der Waals surface area contributed by atoms with Crippen molar-refractivity contribution in [3.63, 3.8) is 0 Å². The molecule has 240 valence electrons. The number of hydrogen-bond donors (Lipinski definition) is 1. The molecule has 0 saturated heterocycles. The highest BCUT2D eigenvalue weighted by Gasteiger charge is 2.24. The summed E-state index contributed by atoms with van der Waals surface area (Å²) in [6, 6.07) is 56.6. The van der Waals surface area contributed by atoms with Gasteiger partial charge >= 0.3 is 0 Å². The molecular weight excluding hydrogens is 661 g/mol. The first kappa shape index (κ1) is 28.7. The van der Waals surface area contributed by atoms with Gasteiger partial charge in [0, 0.05) is 67.9 Å².